The highest BCUT2D eigenvalue weighted by molar-refractivity contribution is 7.92. The van der Waals surface area contributed by atoms with Crippen LogP contribution in [-0.2, 0) is 26.7 Å². The quantitative estimate of drug-likeness (QED) is 0.644. The van der Waals surface area contributed by atoms with Gasteiger partial charge in [-0.1, -0.05) is 45.0 Å². The van der Waals surface area contributed by atoms with Crippen LogP contribution in [0.25, 0.3) is 0 Å². The van der Waals surface area contributed by atoms with E-state index in [0.29, 0.717) is 18.2 Å². The van der Waals surface area contributed by atoms with Crippen LogP contribution < -0.4 is 10.0 Å². The molecule has 0 saturated heterocycles. The van der Waals surface area contributed by atoms with Crippen LogP contribution >= 0.6 is 0 Å². The molecule has 1 aliphatic rings. The first kappa shape index (κ1) is 21.4. The van der Waals surface area contributed by atoms with Crippen LogP contribution in [0.2, 0.25) is 0 Å². The van der Waals surface area contributed by atoms with Crippen molar-refractivity contribution in [3.05, 3.63) is 59.7 Å². The molecule has 6 heteroatoms. The Kier molecular flexibility index (Phi) is 6.32. The number of aryl methyl sites for hydroxylation is 1. The van der Waals surface area contributed by atoms with Gasteiger partial charge >= 0.3 is 0 Å². The Bertz CT molecular complexity index is 945. The lowest BCUT2D eigenvalue weighted by molar-refractivity contribution is -0.123. The lowest BCUT2D eigenvalue weighted by atomic mass is 9.94. The SMILES string of the molecule is CCc1ccc(S(=O)(=O)Nc2ccc(C3(C(=O)NCCC(C)C)CC3)cc2)cc1. The third kappa shape index (κ3) is 4.99. The first-order valence-electron chi connectivity index (χ1n) is 10.3. The van der Waals surface area contributed by atoms with E-state index in [9.17, 15) is 13.2 Å². The van der Waals surface area contributed by atoms with E-state index in [0.717, 1.165) is 36.8 Å². The molecule has 1 fully saturated rings. The predicted octanol–water partition coefficient (Wildman–Crippen LogP) is 4.24. The van der Waals surface area contributed by atoms with Crippen molar-refractivity contribution < 1.29 is 13.2 Å². The minimum Gasteiger partial charge on any atom is -0.355 e. The van der Waals surface area contributed by atoms with E-state index in [1.54, 1.807) is 24.3 Å². The van der Waals surface area contributed by atoms with Gasteiger partial charge in [0.25, 0.3) is 10.0 Å². The first-order chi connectivity index (χ1) is 13.8. The summed E-state index contributed by atoms with van der Waals surface area (Å²) in [5, 5.41) is 3.05. The Hall–Kier alpha value is -2.34. The predicted molar refractivity (Wildman–Crippen MR) is 116 cm³/mol. The fourth-order valence-corrected chi connectivity index (χ4v) is 4.45. The molecule has 0 aliphatic heterocycles. The number of benzene rings is 2. The van der Waals surface area contributed by atoms with Crippen molar-refractivity contribution in [2.45, 2.75) is 56.8 Å². The molecule has 29 heavy (non-hydrogen) atoms. The number of anilines is 1. The molecule has 2 aromatic rings. The van der Waals surface area contributed by atoms with E-state index in [1.807, 2.05) is 31.2 Å². The normalized spacial score (nSPS) is 15.2. The number of carbonyl (C=O) groups is 1. The van der Waals surface area contributed by atoms with Crippen molar-refractivity contribution in [1.82, 2.24) is 5.32 Å². The highest BCUT2D eigenvalue weighted by atomic mass is 32.2. The van der Waals surface area contributed by atoms with Gasteiger partial charge in [-0.25, -0.2) is 8.42 Å². The Morgan fingerprint density at radius 2 is 1.66 bits per heavy atom. The summed E-state index contributed by atoms with van der Waals surface area (Å²) < 4.78 is 27.8. The Balaban J connectivity index is 1.67. The molecule has 0 heterocycles. The molecule has 1 amide bonds. The van der Waals surface area contributed by atoms with Crippen molar-refractivity contribution >= 4 is 21.6 Å². The third-order valence-corrected chi connectivity index (χ3v) is 6.92. The molecule has 3 rings (SSSR count). The zero-order chi connectivity index (χ0) is 21.1. The van der Waals surface area contributed by atoms with Crippen LogP contribution in [0.3, 0.4) is 0 Å². The number of nitrogens with one attached hydrogen (secondary N) is 2. The molecule has 0 unspecified atom stereocenters. The minimum atomic E-state index is -3.64. The van der Waals surface area contributed by atoms with E-state index in [-0.39, 0.29) is 10.8 Å². The summed E-state index contributed by atoms with van der Waals surface area (Å²) in [6, 6.07) is 14.1. The molecule has 1 saturated carbocycles. The van der Waals surface area contributed by atoms with E-state index in [2.05, 4.69) is 23.9 Å². The van der Waals surface area contributed by atoms with Crippen LogP contribution in [0.4, 0.5) is 5.69 Å². The van der Waals surface area contributed by atoms with E-state index >= 15 is 0 Å². The first-order valence-corrected chi connectivity index (χ1v) is 11.8. The number of hydrogen-bond donors (Lipinski definition) is 2. The number of rotatable bonds is 9. The van der Waals surface area contributed by atoms with Crippen molar-refractivity contribution in [2.24, 2.45) is 5.92 Å². The molecule has 0 radical (unpaired) electrons. The van der Waals surface area contributed by atoms with Crippen molar-refractivity contribution in [2.75, 3.05) is 11.3 Å². The zero-order valence-corrected chi connectivity index (χ0v) is 18.2. The Morgan fingerprint density at radius 3 is 2.17 bits per heavy atom. The number of amides is 1. The number of carbonyl (C=O) groups excluding carboxylic acids is 1. The second-order valence-electron chi connectivity index (χ2n) is 8.20. The van der Waals surface area contributed by atoms with Crippen LogP contribution in [-0.4, -0.2) is 20.9 Å². The van der Waals surface area contributed by atoms with Gasteiger partial charge in [0.05, 0.1) is 10.3 Å². The van der Waals surface area contributed by atoms with Crippen molar-refractivity contribution in [1.29, 1.82) is 0 Å². The van der Waals surface area contributed by atoms with Gasteiger partial charge in [-0.3, -0.25) is 9.52 Å². The Labute approximate surface area is 174 Å². The summed E-state index contributed by atoms with van der Waals surface area (Å²) in [5.41, 5.74) is 2.07. The van der Waals surface area contributed by atoms with Gasteiger partial charge in [0.15, 0.2) is 0 Å². The standard InChI is InChI=1S/C23H30N2O3S/c1-4-18-5-11-21(12-6-18)29(27,28)25-20-9-7-19(8-10-20)23(14-15-23)22(26)24-16-13-17(2)3/h5-12,17,25H,4,13-16H2,1-3H3,(H,24,26). The summed E-state index contributed by atoms with van der Waals surface area (Å²) in [6.45, 7) is 6.99. The second-order valence-corrected chi connectivity index (χ2v) is 9.88. The van der Waals surface area contributed by atoms with E-state index in [1.165, 1.54) is 0 Å². The number of hydrogen-bond acceptors (Lipinski definition) is 3. The maximum Gasteiger partial charge on any atom is 0.261 e. The number of sulfonamides is 1. The van der Waals surface area contributed by atoms with Gasteiger partial charge in [0.1, 0.15) is 0 Å². The average Bonchev–Trinajstić information content (AvgIpc) is 3.50. The molecule has 5 nitrogen and oxygen atoms in total. The lowest BCUT2D eigenvalue weighted by Crippen LogP contribution is -2.35. The van der Waals surface area contributed by atoms with Gasteiger partial charge in [-0.2, -0.15) is 0 Å². The summed E-state index contributed by atoms with van der Waals surface area (Å²) in [4.78, 5) is 12.9. The van der Waals surface area contributed by atoms with Crippen molar-refractivity contribution in [3.8, 4) is 0 Å². The fourth-order valence-electron chi connectivity index (χ4n) is 3.39. The molecular weight excluding hydrogens is 384 g/mol. The smallest absolute Gasteiger partial charge is 0.261 e. The van der Waals surface area contributed by atoms with Crippen LogP contribution in [0.5, 0.6) is 0 Å². The van der Waals surface area contributed by atoms with Gasteiger partial charge in [-0.15, -0.1) is 0 Å². The van der Waals surface area contributed by atoms with Gasteiger partial charge in [0.2, 0.25) is 5.91 Å². The van der Waals surface area contributed by atoms with Crippen LogP contribution in [0, 0.1) is 5.92 Å². The second kappa shape index (κ2) is 8.57. The van der Waals surface area contributed by atoms with Crippen molar-refractivity contribution in [3.63, 3.8) is 0 Å². The molecule has 2 aromatic carbocycles. The largest absolute Gasteiger partial charge is 0.355 e. The summed E-state index contributed by atoms with van der Waals surface area (Å²) in [7, 11) is -3.64. The summed E-state index contributed by atoms with van der Waals surface area (Å²) >= 11 is 0. The Morgan fingerprint density at radius 1 is 1.03 bits per heavy atom. The summed E-state index contributed by atoms with van der Waals surface area (Å²) in [5.74, 6) is 0.624. The molecular formula is C23H30N2O3S. The molecule has 2 N–H and O–H groups in total. The van der Waals surface area contributed by atoms with Gasteiger partial charge < -0.3 is 5.32 Å². The zero-order valence-electron chi connectivity index (χ0n) is 17.4. The van der Waals surface area contributed by atoms with E-state index < -0.39 is 15.4 Å². The average molecular weight is 415 g/mol. The fraction of sp³-hybridized carbons (Fsp3) is 0.435. The molecule has 0 aromatic heterocycles. The molecule has 156 valence electrons. The molecule has 0 bridgehead atoms. The topological polar surface area (TPSA) is 75.3 Å². The van der Waals surface area contributed by atoms with E-state index in [4.69, 9.17) is 0 Å². The summed E-state index contributed by atoms with van der Waals surface area (Å²) in [6.07, 6.45) is 3.48. The minimum absolute atomic E-state index is 0.0718. The molecule has 0 spiro atoms. The molecule has 1 aliphatic carbocycles. The van der Waals surface area contributed by atoms with Gasteiger partial charge in [0, 0.05) is 12.2 Å². The highest BCUT2D eigenvalue weighted by Crippen LogP contribution is 2.48. The maximum atomic E-state index is 12.6. The highest BCUT2D eigenvalue weighted by Gasteiger charge is 2.51. The maximum absolute atomic E-state index is 12.6. The van der Waals surface area contributed by atoms with Crippen LogP contribution in [0.15, 0.2) is 53.4 Å². The monoisotopic (exact) mass is 414 g/mol. The van der Waals surface area contributed by atoms with Crippen LogP contribution in [0.1, 0.15) is 51.2 Å². The molecule has 0 atom stereocenters. The lowest BCUT2D eigenvalue weighted by Gasteiger charge is -2.17. The third-order valence-electron chi connectivity index (χ3n) is 5.52. The van der Waals surface area contributed by atoms with Gasteiger partial charge in [-0.05, 0) is 67.0 Å².